The zero-order valence-electron chi connectivity index (χ0n) is 16.0. The first-order valence-electron chi connectivity index (χ1n) is 10.1. The number of fused-ring (bicyclic) bond motifs is 1. The van der Waals surface area contributed by atoms with Crippen LogP contribution < -0.4 is 4.74 Å². The van der Waals surface area contributed by atoms with Crippen LogP contribution >= 0.6 is 11.6 Å². The first-order chi connectivity index (χ1) is 13.5. The number of benzene rings is 1. The van der Waals surface area contributed by atoms with Gasteiger partial charge in [0.05, 0.1) is 18.8 Å². The topological polar surface area (TPSA) is 87.0 Å². The molecule has 5 nitrogen and oxygen atoms in total. The largest absolute Gasteiger partial charge is 0.493 e. The Hall–Kier alpha value is -1.56. The quantitative estimate of drug-likeness (QED) is 0.328. The van der Waals surface area contributed by atoms with Crippen LogP contribution in [-0.2, 0) is 11.2 Å². The summed E-state index contributed by atoms with van der Waals surface area (Å²) in [5, 5.41) is 29.1. The Balaban J connectivity index is 1.56. The van der Waals surface area contributed by atoms with Crippen molar-refractivity contribution in [2.24, 2.45) is 11.8 Å². The minimum Gasteiger partial charge on any atom is -0.493 e. The van der Waals surface area contributed by atoms with Gasteiger partial charge < -0.3 is 20.1 Å². The lowest BCUT2D eigenvalue weighted by molar-refractivity contribution is -0.137. The van der Waals surface area contributed by atoms with Crippen molar-refractivity contribution in [3.05, 3.63) is 41.5 Å². The number of alkyl halides is 1. The molecule has 0 saturated heterocycles. The van der Waals surface area contributed by atoms with Crippen LogP contribution in [-0.4, -0.2) is 39.4 Å². The summed E-state index contributed by atoms with van der Waals surface area (Å²) in [5.41, 5.74) is 2.01. The van der Waals surface area contributed by atoms with Gasteiger partial charge in [-0.2, -0.15) is 0 Å². The van der Waals surface area contributed by atoms with E-state index in [-0.39, 0.29) is 23.6 Å². The molecule has 1 aromatic rings. The minimum absolute atomic E-state index is 0.0478. The fourth-order valence-electron chi connectivity index (χ4n) is 4.35. The van der Waals surface area contributed by atoms with E-state index < -0.39 is 18.2 Å². The molecule has 1 fully saturated rings. The van der Waals surface area contributed by atoms with Crippen molar-refractivity contribution in [1.82, 2.24) is 0 Å². The van der Waals surface area contributed by atoms with Crippen molar-refractivity contribution in [2.45, 2.75) is 62.5 Å². The number of carbonyl (C=O) groups is 1. The van der Waals surface area contributed by atoms with Crippen molar-refractivity contribution in [3.8, 4) is 5.75 Å². The van der Waals surface area contributed by atoms with Gasteiger partial charge in [0, 0.05) is 23.3 Å². The van der Waals surface area contributed by atoms with Crippen LogP contribution in [0.15, 0.2) is 30.4 Å². The molecular weight excluding hydrogens is 380 g/mol. The second-order valence-corrected chi connectivity index (χ2v) is 8.39. The minimum atomic E-state index is -0.773. The van der Waals surface area contributed by atoms with Gasteiger partial charge in [0.1, 0.15) is 5.75 Å². The molecule has 1 aromatic carbocycles. The molecule has 0 amide bonds. The second-order valence-electron chi connectivity index (χ2n) is 7.83. The molecule has 0 aliphatic heterocycles. The molecule has 1 saturated carbocycles. The monoisotopic (exact) mass is 408 g/mol. The number of hydrogen-bond acceptors (Lipinski definition) is 4. The van der Waals surface area contributed by atoms with Crippen molar-refractivity contribution in [2.75, 3.05) is 6.61 Å². The number of carboxylic acid groups (broad SMARTS) is 1. The molecule has 5 atom stereocenters. The molecule has 2 aliphatic carbocycles. The van der Waals surface area contributed by atoms with Gasteiger partial charge in [0.2, 0.25) is 0 Å². The maximum atomic E-state index is 10.5. The summed E-state index contributed by atoms with van der Waals surface area (Å²) in [6.45, 7) is 0.397. The number of aliphatic carboxylic acids is 1. The molecule has 0 spiro atoms. The van der Waals surface area contributed by atoms with Crippen molar-refractivity contribution < 1.29 is 24.9 Å². The molecule has 0 bridgehead atoms. The maximum Gasteiger partial charge on any atom is 0.303 e. The van der Waals surface area contributed by atoms with Crippen molar-refractivity contribution >= 4 is 17.6 Å². The Labute approximate surface area is 171 Å². The number of ether oxygens (including phenoxy) is 1. The normalized spacial score (nSPS) is 29.3. The number of aliphatic hydroxyl groups is 2. The highest BCUT2D eigenvalue weighted by molar-refractivity contribution is 6.21. The Morgan fingerprint density at radius 1 is 1.25 bits per heavy atom. The lowest BCUT2D eigenvalue weighted by Crippen LogP contribution is -2.27. The summed E-state index contributed by atoms with van der Waals surface area (Å²) in [6, 6.07) is 5.76. The molecule has 2 aliphatic rings. The van der Waals surface area contributed by atoms with Crippen LogP contribution in [0.25, 0.3) is 0 Å². The number of halogens is 1. The SMILES string of the molecule is O=C(O)CCC/C=C\C[C@@H]1[C@@H](COc2cccc3c2CCC3O)[C@H](O)C[C@@H]1Cl. The third kappa shape index (κ3) is 5.07. The lowest BCUT2D eigenvalue weighted by atomic mass is 9.92. The molecule has 1 unspecified atom stereocenters. The van der Waals surface area contributed by atoms with E-state index in [4.69, 9.17) is 21.4 Å². The van der Waals surface area contributed by atoms with Gasteiger partial charge in [-0.1, -0.05) is 24.3 Å². The van der Waals surface area contributed by atoms with E-state index in [0.29, 0.717) is 19.4 Å². The van der Waals surface area contributed by atoms with Crippen LogP contribution in [0, 0.1) is 11.8 Å². The highest BCUT2D eigenvalue weighted by atomic mass is 35.5. The summed E-state index contributed by atoms with van der Waals surface area (Å²) in [7, 11) is 0. The van der Waals surface area contributed by atoms with Gasteiger partial charge in [-0.15, -0.1) is 11.6 Å². The average Bonchev–Trinajstić information content (AvgIpc) is 3.16. The fraction of sp³-hybridized carbons (Fsp3) is 0.591. The van der Waals surface area contributed by atoms with E-state index >= 15 is 0 Å². The molecular formula is C22H29ClO5. The highest BCUT2D eigenvalue weighted by Gasteiger charge is 2.41. The number of unbranched alkanes of at least 4 members (excludes halogenated alkanes) is 1. The molecule has 3 rings (SSSR count). The van der Waals surface area contributed by atoms with E-state index in [0.717, 1.165) is 42.6 Å². The van der Waals surface area contributed by atoms with E-state index in [9.17, 15) is 15.0 Å². The smallest absolute Gasteiger partial charge is 0.303 e. The summed E-state index contributed by atoms with van der Waals surface area (Å²) < 4.78 is 6.08. The Morgan fingerprint density at radius 2 is 2.07 bits per heavy atom. The fourth-order valence-corrected chi connectivity index (χ4v) is 4.83. The number of carboxylic acids is 1. The molecule has 28 heavy (non-hydrogen) atoms. The van der Waals surface area contributed by atoms with Crippen LogP contribution in [0.4, 0.5) is 0 Å². The third-order valence-corrected chi connectivity index (χ3v) is 6.44. The predicted molar refractivity (Wildman–Crippen MR) is 108 cm³/mol. The average molecular weight is 409 g/mol. The van der Waals surface area contributed by atoms with Crippen molar-refractivity contribution in [3.63, 3.8) is 0 Å². The number of allylic oxidation sites excluding steroid dienone is 2. The van der Waals surface area contributed by atoms with Gasteiger partial charge in [0.15, 0.2) is 0 Å². The van der Waals surface area contributed by atoms with E-state index in [1.54, 1.807) is 0 Å². The van der Waals surface area contributed by atoms with E-state index in [1.807, 2.05) is 30.4 Å². The molecule has 6 heteroatoms. The number of aliphatic hydroxyl groups excluding tert-OH is 2. The molecule has 0 heterocycles. The highest BCUT2D eigenvalue weighted by Crippen LogP contribution is 2.41. The zero-order chi connectivity index (χ0) is 20.1. The summed E-state index contributed by atoms with van der Waals surface area (Å²) >= 11 is 6.48. The van der Waals surface area contributed by atoms with Crippen LogP contribution in [0.3, 0.4) is 0 Å². The molecule has 0 aromatic heterocycles. The summed E-state index contributed by atoms with van der Waals surface area (Å²) in [6.07, 6.45) is 7.51. The van der Waals surface area contributed by atoms with Crippen molar-refractivity contribution in [1.29, 1.82) is 0 Å². The lowest BCUT2D eigenvalue weighted by Gasteiger charge is -2.23. The molecule has 0 radical (unpaired) electrons. The van der Waals surface area contributed by atoms with Gasteiger partial charge >= 0.3 is 5.97 Å². The summed E-state index contributed by atoms with van der Waals surface area (Å²) in [4.78, 5) is 10.5. The third-order valence-electron chi connectivity index (χ3n) is 5.94. The zero-order valence-corrected chi connectivity index (χ0v) is 16.7. The van der Waals surface area contributed by atoms with Gasteiger partial charge in [-0.3, -0.25) is 4.79 Å². The van der Waals surface area contributed by atoms with E-state index in [1.165, 1.54) is 0 Å². The van der Waals surface area contributed by atoms with Gasteiger partial charge in [-0.25, -0.2) is 0 Å². The molecule has 3 N–H and O–H groups in total. The second kappa shape index (κ2) is 9.77. The number of hydrogen-bond donors (Lipinski definition) is 3. The molecule has 154 valence electrons. The van der Waals surface area contributed by atoms with Crippen LogP contribution in [0.1, 0.15) is 55.8 Å². The Morgan fingerprint density at radius 3 is 2.86 bits per heavy atom. The van der Waals surface area contributed by atoms with Crippen LogP contribution in [0.5, 0.6) is 5.75 Å². The van der Waals surface area contributed by atoms with Crippen LogP contribution in [0.2, 0.25) is 0 Å². The van der Waals surface area contributed by atoms with E-state index in [2.05, 4.69) is 0 Å². The number of rotatable bonds is 9. The standard InChI is InChI=1S/C22H29ClO5/c23-18-12-20(25)17(14(18)6-3-1-2-4-9-22(26)27)13-28-21-8-5-7-15-16(21)10-11-19(15)24/h1,3,5,7-8,14,17-20,24-25H,2,4,6,9-13H2,(H,26,27)/b3-1-/t14-,17-,18+,19?,20-/m1/s1. The van der Waals surface area contributed by atoms with Gasteiger partial charge in [-0.05, 0) is 56.1 Å². The Kier molecular flexibility index (Phi) is 7.38. The maximum absolute atomic E-state index is 10.5. The Bertz CT molecular complexity index is 704. The first-order valence-corrected chi connectivity index (χ1v) is 10.5. The summed E-state index contributed by atoms with van der Waals surface area (Å²) in [5.74, 6) is 0.0931. The van der Waals surface area contributed by atoms with Gasteiger partial charge in [0.25, 0.3) is 0 Å². The predicted octanol–water partition coefficient (Wildman–Crippen LogP) is 3.85. The first kappa shape index (κ1) is 21.2.